The number of carbonyl (C=O) groups is 1. The molecule has 0 aliphatic heterocycles. The van der Waals surface area contributed by atoms with Crippen LogP contribution in [0, 0.1) is 11.3 Å². The molecule has 0 fully saturated rings. The molecule has 0 atom stereocenters. The van der Waals surface area contributed by atoms with E-state index in [0.717, 1.165) is 11.1 Å². The monoisotopic (exact) mass is 291 g/mol. The van der Waals surface area contributed by atoms with Gasteiger partial charge in [0.15, 0.2) is 0 Å². The molecule has 4 nitrogen and oxygen atoms in total. The van der Waals surface area contributed by atoms with E-state index >= 15 is 0 Å². The van der Waals surface area contributed by atoms with Gasteiger partial charge in [0.25, 0.3) is 0 Å². The predicted octanol–water partition coefficient (Wildman–Crippen LogP) is 3.04. The number of hydrogen-bond donors (Lipinski definition) is 0. The molecule has 0 bridgehead atoms. The number of pyridine rings is 1. The Balaban J connectivity index is 2.06. The van der Waals surface area contributed by atoms with Crippen LogP contribution in [0.5, 0.6) is 0 Å². The van der Waals surface area contributed by atoms with E-state index in [4.69, 9.17) is 5.26 Å². The van der Waals surface area contributed by atoms with Gasteiger partial charge in [-0.2, -0.15) is 5.26 Å². The Hall–Kier alpha value is -2.93. The zero-order valence-corrected chi connectivity index (χ0v) is 12.2. The van der Waals surface area contributed by atoms with Crippen LogP contribution in [0.15, 0.2) is 60.9 Å². The molecule has 4 heteroatoms. The van der Waals surface area contributed by atoms with Gasteiger partial charge in [-0.1, -0.05) is 36.4 Å². The SMILES string of the molecule is N#CCCN(Cc1cccnc1)C(=O)/C=C/c1ccccc1. The van der Waals surface area contributed by atoms with Crippen LogP contribution in [0.3, 0.4) is 0 Å². The average molecular weight is 291 g/mol. The van der Waals surface area contributed by atoms with Crippen molar-refractivity contribution in [3.63, 3.8) is 0 Å². The molecule has 1 heterocycles. The highest BCUT2D eigenvalue weighted by Gasteiger charge is 2.11. The van der Waals surface area contributed by atoms with Crippen LogP contribution in [0.4, 0.5) is 0 Å². The summed E-state index contributed by atoms with van der Waals surface area (Å²) >= 11 is 0. The van der Waals surface area contributed by atoms with E-state index in [1.807, 2.05) is 42.5 Å². The number of nitrogens with zero attached hydrogens (tertiary/aromatic N) is 3. The van der Waals surface area contributed by atoms with Gasteiger partial charge in [-0.05, 0) is 23.3 Å². The van der Waals surface area contributed by atoms with Crippen molar-refractivity contribution < 1.29 is 4.79 Å². The summed E-state index contributed by atoms with van der Waals surface area (Å²) in [4.78, 5) is 18.0. The lowest BCUT2D eigenvalue weighted by molar-refractivity contribution is -0.126. The molecule has 0 saturated heterocycles. The van der Waals surface area contributed by atoms with Crippen molar-refractivity contribution in [2.24, 2.45) is 0 Å². The first-order chi connectivity index (χ1) is 10.8. The predicted molar refractivity (Wildman–Crippen MR) is 85.4 cm³/mol. The second-order valence-electron chi connectivity index (χ2n) is 4.77. The van der Waals surface area contributed by atoms with Crippen molar-refractivity contribution in [3.05, 3.63) is 72.1 Å². The minimum absolute atomic E-state index is 0.108. The number of hydrogen-bond acceptors (Lipinski definition) is 3. The average Bonchev–Trinajstić information content (AvgIpc) is 2.58. The van der Waals surface area contributed by atoms with Crippen LogP contribution >= 0.6 is 0 Å². The quantitative estimate of drug-likeness (QED) is 0.769. The third-order valence-electron chi connectivity index (χ3n) is 3.12. The van der Waals surface area contributed by atoms with Crippen molar-refractivity contribution in [2.75, 3.05) is 6.54 Å². The molecule has 0 saturated carbocycles. The Morgan fingerprint density at radius 2 is 2.05 bits per heavy atom. The van der Waals surface area contributed by atoms with Crippen LogP contribution < -0.4 is 0 Å². The van der Waals surface area contributed by atoms with E-state index in [9.17, 15) is 4.79 Å². The number of carbonyl (C=O) groups excluding carboxylic acids is 1. The van der Waals surface area contributed by atoms with Gasteiger partial charge in [-0.3, -0.25) is 9.78 Å². The third kappa shape index (κ3) is 4.88. The fourth-order valence-corrected chi connectivity index (χ4v) is 2.00. The Morgan fingerprint density at radius 3 is 2.73 bits per heavy atom. The minimum Gasteiger partial charge on any atom is -0.334 e. The maximum Gasteiger partial charge on any atom is 0.246 e. The topological polar surface area (TPSA) is 57.0 Å². The molecule has 110 valence electrons. The Kier molecular flexibility index (Phi) is 5.89. The van der Waals surface area contributed by atoms with Crippen LogP contribution in [-0.4, -0.2) is 22.3 Å². The van der Waals surface area contributed by atoms with Crippen LogP contribution in [0.25, 0.3) is 6.08 Å². The van der Waals surface area contributed by atoms with Gasteiger partial charge >= 0.3 is 0 Å². The third-order valence-corrected chi connectivity index (χ3v) is 3.12. The largest absolute Gasteiger partial charge is 0.334 e. The summed E-state index contributed by atoms with van der Waals surface area (Å²) in [6, 6.07) is 15.5. The zero-order chi connectivity index (χ0) is 15.6. The Bertz CT molecular complexity index is 660. The summed E-state index contributed by atoms with van der Waals surface area (Å²) in [6.45, 7) is 0.858. The first-order valence-electron chi connectivity index (χ1n) is 7.07. The molecule has 1 amide bonds. The number of aromatic nitrogens is 1. The molecule has 0 radical (unpaired) electrons. The highest BCUT2D eigenvalue weighted by Crippen LogP contribution is 2.07. The molecule has 0 spiro atoms. The molecule has 0 unspecified atom stereocenters. The minimum atomic E-state index is -0.108. The maximum absolute atomic E-state index is 12.3. The maximum atomic E-state index is 12.3. The molecule has 0 aliphatic carbocycles. The lowest BCUT2D eigenvalue weighted by atomic mass is 10.2. The van der Waals surface area contributed by atoms with Gasteiger partial charge in [-0.25, -0.2) is 0 Å². The Morgan fingerprint density at radius 1 is 1.23 bits per heavy atom. The summed E-state index contributed by atoms with van der Waals surface area (Å²) in [6.07, 6.45) is 7.06. The van der Waals surface area contributed by atoms with Gasteiger partial charge in [0.2, 0.25) is 5.91 Å². The first-order valence-corrected chi connectivity index (χ1v) is 7.07. The molecular formula is C18H17N3O. The standard InChI is InChI=1S/C18H17N3O/c19-11-5-13-21(15-17-8-4-12-20-14-17)18(22)10-9-16-6-2-1-3-7-16/h1-4,6-10,12,14H,5,13,15H2/b10-9+. The number of benzene rings is 1. The van der Waals surface area contributed by atoms with E-state index in [1.54, 1.807) is 29.4 Å². The lowest BCUT2D eigenvalue weighted by Crippen LogP contribution is -2.29. The smallest absolute Gasteiger partial charge is 0.246 e. The van der Waals surface area contributed by atoms with Gasteiger partial charge in [-0.15, -0.1) is 0 Å². The van der Waals surface area contributed by atoms with Crippen molar-refractivity contribution in [2.45, 2.75) is 13.0 Å². The molecule has 1 aromatic heterocycles. The van der Waals surface area contributed by atoms with Crippen molar-refractivity contribution >= 4 is 12.0 Å². The van der Waals surface area contributed by atoms with Gasteiger partial charge in [0, 0.05) is 31.6 Å². The molecule has 2 aromatic rings. The van der Waals surface area contributed by atoms with Gasteiger partial charge < -0.3 is 4.90 Å². The normalized spacial score (nSPS) is 10.3. The number of nitriles is 1. The fraction of sp³-hybridized carbons (Fsp3) is 0.167. The van der Waals surface area contributed by atoms with Crippen molar-refractivity contribution in [3.8, 4) is 6.07 Å². The molecule has 2 rings (SSSR count). The first kappa shape index (κ1) is 15.5. The van der Waals surface area contributed by atoms with Gasteiger partial charge in [0.05, 0.1) is 12.5 Å². The summed E-state index contributed by atoms with van der Waals surface area (Å²) < 4.78 is 0. The van der Waals surface area contributed by atoms with Crippen molar-refractivity contribution in [1.29, 1.82) is 5.26 Å². The summed E-state index contributed by atoms with van der Waals surface area (Å²) in [5.41, 5.74) is 1.92. The van der Waals surface area contributed by atoms with E-state index in [-0.39, 0.29) is 5.91 Å². The molecule has 1 aromatic carbocycles. The second-order valence-corrected chi connectivity index (χ2v) is 4.77. The van der Waals surface area contributed by atoms with Crippen LogP contribution in [0.2, 0.25) is 0 Å². The highest BCUT2D eigenvalue weighted by atomic mass is 16.2. The second kappa shape index (κ2) is 8.38. The summed E-state index contributed by atoms with van der Waals surface area (Å²) in [5.74, 6) is -0.108. The van der Waals surface area contributed by atoms with Crippen LogP contribution in [0.1, 0.15) is 17.5 Å². The fourth-order valence-electron chi connectivity index (χ4n) is 2.00. The number of rotatable bonds is 6. The van der Waals surface area contributed by atoms with E-state index in [1.165, 1.54) is 0 Å². The van der Waals surface area contributed by atoms with E-state index in [2.05, 4.69) is 11.1 Å². The molecule has 0 N–H and O–H groups in total. The lowest BCUT2D eigenvalue weighted by Gasteiger charge is -2.19. The number of amides is 1. The zero-order valence-electron chi connectivity index (χ0n) is 12.2. The van der Waals surface area contributed by atoms with Crippen molar-refractivity contribution in [1.82, 2.24) is 9.88 Å². The summed E-state index contributed by atoms with van der Waals surface area (Å²) in [5, 5.41) is 8.75. The molecule has 22 heavy (non-hydrogen) atoms. The van der Waals surface area contributed by atoms with E-state index in [0.29, 0.717) is 19.5 Å². The van der Waals surface area contributed by atoms with Crippen LogP contribution in [-0.2, 0) is 11.3 Å². The van der Waals surface area contributed by atoms with Gasteiger partial charge in [0.1, 0.15) is 0 Å². The molecule has 0 aliphatic rings. The molecular weight excluding hydrogens is 274 g/mol. The van der Waals surface area contributed by atoms with E-state index < -0.39 is 0 Å². The highest BCUT2D eigenvalue weighted by molar-refractivity contribution is 5.91. The summed E-state index contributed by atoms with van der Waals surface area (Å²) in [7, 11) is 0. The Labute approximate surface area is 130 Å².